The average molecular weight is 317 g/mol. The van der Waals surface area contributed by atoms with Crippen LogP contribution < -0.4 is 16.0 Å². The zero-order chi connectivity index (χ0) is 15.1. The molecule has 1 unspecified atom stereocenters. The molecule has 0 saturated carbocycles. The van der Waals surface area contributed by atoms with Crippen molar-refractivity contribution in [3.63, 3.8) is 0 Å². The number of fused-ring (bicyclic) bond motifs is 3. The van der Waals surface area contributed by atoms with E-state index in [2.05, 4.69) is 27.1 Å². The molecule has 2 aromatic rings. The minimum absolute atomic E-state index is 0.415. The summed E-state index contributed by atoms with van der Waals surface area (Å²) in [5.74, 6) is 2.21. The van der Waals surface area contributed by atoms with E-state index in [4.69, 9.17) is 5.73 Å². The van der Waals surface area contributed by atoms with Gasteiger partial charge in [-0.1, -0.05) is 6.92 Å². The minimum Gasteiger partial charge on any atom is -0.368 e. The fourth-order valence-electron chi connectivity index (χ4n) is 3.58. The third-order valence-electron chi connectivity index (χ3n) is 4.77. The van der Waals surface area contributed by atoms with E-state index >= 15 is 0 Å². The first-order valence-electron chi connectivity index (χ1n) is 8.26. The van der Waals surface area contributed by atoms with E-state index < -0.39 is 0 Å². The summed E-state index contributed by atoms with van der Waals surface area (Å²) in [6, 6.07) is 0. The highest BCUT2D eigenvalue weighted by atomic mass is 32.1. The summed E-state index contributed by atoms with van der Waals surface area (Å²) in [5, 5.41) is 3.45. The molecule has 1 fully saturated rings. The van der Waals surface area contributed by atoms with Crippen LogP contribution in [0.15, 0.2) is 0 Å². The van der Waals surface area contributed by atoms with Crippen LogP contribution in [0.5, 0.6) is 0 Å². The van der Waals surface area contributed by atoms with Gasteiger partial charge in [0.2, 0.25) is 5.95 Å². The van der Waals surface area contributed by atoms with E-state index in [1.54, 1.807) is 0 Å². The highest BCUT2D eigenvalue weighted by Crippen LogP contribution is 2.41. The normalized spacial score (nSPS) is 22.6. The largest absolute Gasteiger partial charge is 0.368 e. The molecular formula is C16H23N5S. The van der Waals surface area contributed by atoms with Gasteiger partial charge in [0.05, 0.1) is 10.2 Å². The summed E-state index contributed by atoms with van der Waals surface area (Å²) in [6.45, 7) is 6.45. The molecule has 0 radical (unpaired) electrons. The van der Waals surface area contributed by atoms with E-state index in [1.807, 2.05) is 11.3 Å². The van der Waals surface area contributed by atoms with Gasteiger partial charge in [0.25, 0.3) is 0 Å². The van der Waals surface area contributed by atoms with Gasteiger partial charge in [0, 0.05) is 24.5 Å². The van der Waals surface area contributed by atoms with Gasteiger partial charge >= 0.3 is 0 Å². The molecular weight excluding hydrogens is 294 g/mol. The summed E-state index contributed by atoms with van der Waals surface area (Å²) in [5.41, 5.74) is 8.59. The third kappa shape index (κ3) is 2.44. The van der Waals surface area contributed by atoms with Crippen molar-refractivity contribution in [2.45, 2.75) is 32.6 Å². The van der Waals surface area contributed by atoms with Gasteiger partial charge in [-0.05, 0) is 43.7 Å². The zero-order valence-corrected chi connectivity index (χ0v) is 13.9. The van der Waals surface area contributed by atoms with Crippen molar-refractivity contribution in [3.05, 3.63) is 10.4 Å². The molecule has 22 heavy (non-hydrogen) atoms. The fourth-order valence-corrected chi connectivity index (χ4v) is 4.88. The number of hydrogen-bond acceptors (Lipinski definition) is 6. The van der Waals surface area contributed by atoms with E-state index in [0.717, 1.165) is 56.3 Å². The quantitative estimate of drug-likeness (QED) is 0.844. The number of nitrogens with one attached hydrogen (secondary N) is 1. The number of anilines is 2. The van der Waals surface area contributed by atoms with Crippen LogP contribution >= 0.6 is 11.3 Å². The van der Waals surface area contributed by atoms with Gasteiger partial charge in [-0.3, -0.25) is 0 Å². The Bertz CT molecular complexity index is 687. The topological polar surface area (TPSA) is 67.1 Å². The second-order valence-corrected chi connectivity index (χ2v) is 7.63. The van der Waals surface area contributed by atoms with Gasteiger partial charge in [-0.15, -0.1) is 11.3 Å². The van der Waals surface area contributed by atoms with Crippen LogP contribution in [0.25, 0.3) is 10.2 Å². The lowest BCUT2D eigenvalue weighted by molar-refractivity contribution is 0.508. The Hall–Kier alpha value is -1.40. The summed E-state index contributed by atoms with van der Waals surface area (Å²) >= 11 is 1.89. The van der Waals surface area contributed by atoms with Gasteiger partial charge in [0.1, 0.15) is 0 Å². The van der Waals surface area contributed by atoms with Crippen LogP contribution in [0.1, 0.15) is 30.2 Å². The number of rotatable bonds is 1. The average Bonchev–Trinajstić information content (AvgIpc) is 2.70. The van der Waals surface area contributed by atoms with E-state index in [-0.39, 0.29) is 0 Å². The maximum absolute atomic E-state index is 6.04. The van der Waals surface area contributed by atoms with Gasteiger partial charge in [-0.2, -0.15) is 4.98 Å². The number of nitrogen functional groups attached to an aromatic ring is 1. The monoisotopic (exact) mass is 317 g/mol. The van der Waals surface area contributed by atoms with E-state index in [9.17, 15) is 0 Å². The number of thiophene rings is 1. The number of nitrogens with two attached hydrogens (primary N) is 1. The van der Waals surface area contributed by atoms with Crippen molar-refractivity contribution in [1.29, 1.82) is 0 Å². The lowest BCUT2D eigenvalue weighted by atomic mass is 9.89. The molecule has 0 amide bonds. The first kappa shape index (κ1) is 14.2. The van der Waals surface area contributed by atoms with Gasteiger partial charge < -0.3 is 16.0 Å². The molecule has 3 N–H and O–H groups in total. The first-order valence-corrected chi connectivity index (χ1v) is 9.07. The van der Waals surface area contributed by atoms with E-state index in [1.165, 1.54) is 28.0 Å². The second kappa shape index (κ2) is 5.66. The fraction of sp³-hybridized carbons (Fsp3) is 0.625. The van der Waals surface area contributed by atoms with Crippen molar-refractivity contribution in [2.75, 3.05) is 36.8 Å². The maximum Gasteiger partial charge on any atom is 0.222 e. The predicted octanol–water partition coefficient (Wildman–Crippen LogP) is 2.20. The number of hydrogen-bond donors (Lipinski definition) is 2. The molecule has 0 bridgehead atoms. The smallest absolute Gasteiger partial charge is 0.222 e. The Morgan fingerprint density at radius 3 is 3.09 bits per heavy atom. The third-order valence-corrected chi connectivity index (χ3v) is 6.05. The van der Waals surface area contributed by atoms with Crippen LogP contribution in [-0.4, -0.2) is 36.1 Å². The minimum atomic E-state index is 0.415. The van der Waals surface area contributed by atoms with Gasteiger partial charge in [-0.25, -0.2) is 4.98 Å². The zero-order valence-electron chi connectivity index (χ0n) is 13.1. The van der Waals surface area contributed by atoms with Crippen molar-refractivity contribution in [1.82, 2.24) is 15.3 Å². The number of nitrogens with zero attached hydrogens (tertiary/aromatic N) is 3. The predicted molar refractivity (Wildman–Crippen MR) is 92.7 cm³/mol. The van der Waals surface area contributed by atoms with Crippen LogP contribution in [0, 0.1) is 5.92 Å². The molecule has 5 nitrogen and oxygen atoms in total. The molecule has 2 aromatic heterocycles. The highest BCUT2D eigenvalue weighted by Gasteiger charge is 2.25. The van der Waals surface area contributed by atoms with Crippen LogP contribution in [0.4, 0.5) is 11.8 Å². The van der Waals surface area contributed by atoms with Gasteiger partial charge in [0.15, 0.2) is 5.82 Å². The van der Waals surface area contributed by atoms with Crippen LogP contribution in [0.3, 0.4) is 0 Å². The lowest BCUT2D eigenvalue weighted by Crippen LogP contribution is -2.29. The Morgan fingerprint density at radius 1 is 1.27 bits per heavy atom. The molecule has 1 aliphatic carbocycles. The summed E-state index contributed by atoms with van der Waals surface area (Å²) in [7, 11) is 0. The standard InChI is InChI=1S/C16H23N5S/c1-10-3-4-12-11(9-10)13-14(22-12)15(20-16(17)19-13)21-7-2-5-18-6-8-21/h10,18H,2-9H2,1H3,(H2,17,19,20). The highest BCUT2D eigenvalue weighted by molar-refractivity contribution is 7.19. The Kier molecular flexibility index (Phi) is 3.66. The number of aromatic nitrogens is 2. The summed E-state index contributed by atoms with van der Waals surface area (Å²) in [6.07, 6.45) is 4.74. The Labute approximate surface area is 134 Å². The van der Waals surface area contributed by atoms with Crippen molar-refractivity contribution in [2.24, 2.45) is 5.92 Å². The first-order chi connectivity index (χ1) is 10.7. The molecule has 4 rings (SSSR count). The molecule has 118 valence electrons. The molecule has 6 heteroatoms. The molecule has 1 saturated heterocycles. The van der Waals surface area contributed by atoms with Crippen molar-refractivity contribution < 1.29 is 0 Å². The van der Waals surface area contributed by atoms with Crippen molar-refractivity contribution in [3.8, 4) is 0 Å². The maximum atomic E-state index is 6.04. The molecule has 1 atom stereocenters. The Balaban J connectivity index is 1.84. The molecule has 1 aliphatic heterocycles. The summed E-state index contributed by atoms with van der Waals surface area (Å²) in [4.78, 5) is 13.1. The van der Waals surface area contributed by atoms with Crippen LogP contribution in [0.2, 0.25) is 0 Å². The molecule has 2 aliphatic rings. The lowest BCUT2D eigenvalue weighted by Gasteiger charge is -2.21. The number of aryl methyl sites for hydroxylation is 1. The Morgan fingerprint density at radius 2 is 2.18 bits per heavy atom. The van der Waals surface area contributed by atoms with Crippen LogP contribution in [-0.2, 0) is 12.8 Å². The molecule has 3 heterocycles. The molecule has 0 spiro atoms. The van der Waals surface area contributed by atoms with Crippen molar-refractivity contribution >= 4 is 33.3 Å². The van der Waals surface area contributed by atoms with E-state index in [0.29, 0.717) is 5.95 Å². The second-order valence-electron chi connectivity index (χ2n) is 6.53. The summed E-state index contributed by atoms with van der Waals surface area (Å²) < 4.78 is 1.25. The SMILES string of the molecule is CC1CCc2sc3c(N4CCCNCC4)nc(N)nc3c2C1. The molecule has 0 aromatic carbocycles.